The molecule has 1 aromatic carbocycles. The van der Waals surface area contributed by atoms with Crippen LogP contribution in [0.3, 0.4) is 0 Å². The topological polar surface area (TPSA) is 111 Å². The van der Waals surface area contributed by atoms with Crippen LogP contribution in [0, 0.1) is 5.92 Å². The SMILES string of the molecule is CCCCc1cn(C2C(=O)CC2C)c(=O)n1Cc1cnccc1-c1ccc(-c2nn[nH]n2)cc1. The minimum Gasteiger partial charge on any atom is -0.297 e. The van der Waals surface area contributed by atoms with Crippen molar-refractivity contribution < 1.29 is 4.79 Å². The summed E-state index contributed by atoms with van der Waals surface area (Å²) in [5.41, 5.74) is 4.65. The molecular weight excluding hydrogens is 430 g/mol. The molecule has 2 atom stereocenters. The second-order valence-electron chi connectivity index (χ2n) is 8.94. The van der Waals surface area contributed by atoms with Crippen molar-refractivity contribution >= 4 is 5.78 Å². The summed E-state index contributed by atoms with van der Waals surface area (Å²) in [6.07, 6.45) is 8.81. The number of aryl methyl sites for hydroxylation is 1. The first kappa shape index (κ1) is 21.9. The van der Waals surface area contributed by atoms with Gasteiger partial charge in [0.25, 0.3) is 0 Å². The van der Waals surface area contributed by atoms with Crippen molar-refractivity contribution in [1.29, 1.82) is 0 Å². The quantitative estimate of drug-likeness (QED) is 0.434. The van der Waals surface area contributed by atoms with Crippen LogP contribution >= 0.6 is 0 Å². The molecule has 3 heterocycles. The number of benzene rings is 1. The number of nitrogens with one attached hydrogen (secondary N) is 1. The van der Waals surface area contributed by atoms with E-state index in [0.29, 0.717) is 18.8 Å². The van der Waals surface area contributed by atoms with Gasteiger partial charge in [0.05, 0.1) is 12.6 Å². The first-order valence-corrected chi connectivity index (χ1v) is 11.7. The number of aromatic amines is 1. The van der Waals surface area contributed by atoms with Crippen LogP contribution in [0.4, 0.5) is 0 Å². The highest BCUT2D eigenvalue weighted by Gasteiger charge is 2.39. The summed E-state index contributed by atoms with van der Waals surface area (Å²) < 4.78 is 3.46. The van der Waals surface area contributed by atoms with Gasteiger partial charge in [0, 0.05) is 36.3 Å². The summed E-state index contributed by atoms with van der Waals surface area (Å²) in [6, 6.07) is 9.52. The van der Waals surface area contributed by atoms with Gasteiger partial charge in [0.2, 0.25) is 5.82 Å². The van der Waals surface area contributed by atoms with Crippen molar-refractivity contribution in [2.24, 2.45) is 5.92 Å². The second-order valence-corrected chi connectivity index (χ2v) is 8.94. The maximum atomic E-state index is 13.4. The molecule has 5 rings (SSSR count). The number of carbonyl (C=O) groups is 1. The van der Waals surface area contributed by atoms with Crippen LogP contribution in [0.25, 0.3) is 22.5 Å². The molecule has 4 aromatic rings. The highest BCUT2D eigenvalue weighted by molar-refractivity contribution is 5.88. The Hall–Kier alpha value is -3.88. The summed E-state index contributed by atoms with van der Waals surface area (Å²) >= 11 is 0. The number of hydrogen-bond acceptors (Lipinski definition) is 6. The molecular formula is C25H27N7O2. The first-order valence-electron chi connectivity index (χ1n) is 11.7. The Morgan fingerprint density at radius 2 is 1.91 bits per heavy atom. The summed E-state index contributed by atoms with van der Waals surface area (Å²) in [6.45, 7) is 4.56. The zero-order chi connectivity index (χ0) is 23.7. The normalized spacial score (nSPS) is 17.6. The average Bonchev–Trinajstić information content (AvgIpc) is 3.48. The van der Waals surface area contributed by atoms with E-state index >= 15 is 0 Å². The largest absolute Gasteiger partial charge is 0.329 e. The summed E-state index contributed by atoms with van der Waals surface area (Å²) in [4.78, 5) is 30.0. The van der Waals surface area contributed by atoms with Gasteiger partial charge in [-0.3, -0.25) is 18.9 Å². The van der Waals surface area contributed by atoms with Crippen molar-refractivity contribution in [1.82, 2.24) is 34.7 Å². The third kappa shape index (κ3) is 3.98. The lowest BCUT2D eigenvalue weighted by Gasteiger charge is -2.32. The number of ketones is 1. The fourth-order valence-corrected chi connectivity index (χ4v) is 4.70. The number of hydrogen-bond donors (Lipinski definition) is 1. The Labute approximate surface area is 196 Å². The van der Waals surface area contributed by atoms with Crippen LogP contribution in [0.1, 0.15) is 50.4 Å². The van der Waals surface area contributed by atoms with Crippen LogP contribution < -0.4 is 5.69 Å². The van der Waals surface area contributed by atoms with Gasteiger partial charge in [0.15, 0.2) is 5.78 Å². The molecule has 0 bridgehead atoms. The molecule has 3 aromatic heterocycles. The molecule has 1 fully saturated rings. The summed E-state index contributed by atoms with van der Waals surface area (Å²) in [5, 5.41) is 14.1. The molecule has 9 heteroatoms. The zero-order valence-electron chi connectivity index (χ0n) is 19.3. The zero-order valence-corrected chi connectivity index (χ0v) is 19.3. The van der Waals surface area contributed by atoms with Crippen LogP contribution in [0.15, 0.2) is 53.7 Å². The van der Waals surface area contributed by atoms with Crippen molar-refractivity contribution in [3.05, 3.63) is 70.7 Å². The maximum Gasteiger partial charge on any atom is 0.329 e. The lowest BCUT2D eigenvalue weighted by Crippen LogP contribution is -2.42. The van der Waals surface area contributed by atoms with E-state index in [1.54, 1.807) is 10.8 Å². The predicted molar refractivity (Wildman–Crippen MR) is 127 cm³/mol. The van der Waals surface area contributed by atoms with Gasteiger partial charge >= 0.3 is 5.69 Å². The predicted octanol–water partition coefficient (Wildman–Crippen LogP) is 3.43. The molecule has 1 saturated carbocycles. The monoisotopic (exact) mass is 457 g/mol. The number of unbranched alkanes of at least 4 members (excludes halogenated alkanes) is 1. The molecule has 1 aliphatic rings. The number of aromatic nitrogens is 7. The number of Topliss-reactive ketones (excluding diaryl/α,β-unsaturated/α-hetero) is 1. The number of nitrogens with zero attached hydrogens (tertiary/aromatic N) is 6. The molecule has 0 saturated heterocycles. The molecule has 1 aliphatic carbocycles. The molecule has 0 spiro atoms. The molecule has 34 heavy (non-hydrogen) atoms. The van der Waals surface area contributed by atoms with Gasteiger partial charge in [-0.05, 0) is 46.7 Å². The Balaban J connectivity index is 1.50. The van der Waals surface area contributed by atoms with Gasteiger partial charge in [-0.2, -0.15) is 5.21 Å². The number of rotatable bonds is 8. The van der Waals surface area contributed by atoms with E-state index in [0.717, 1.165) is 47.2 Å². The molecule has 9 nitrogen and oxygen atoms in total. The van der Waals surface area contributed by atoms with E-state index in [1.165, 1.54) is 0 Å². The molecule has 0 amide bonds. The summed E-state index contributed by atoms with van der Waals surface area (Å²) in [7, 11) is 0. The highest BCUT2D eigenvalue weighted by Crippen LogP contribution is 2.34. The standard InChI is InChI=1S/C25H27N7O2/c1-3-4-5-20-15-32(23-16(2)12-22(23)33)25(34)31(20)14-19-13-26-11-10-21(19)17-6-8-18(9-7-17)24-27-29-30-28-24/h6-11,13,15-16,23H,3-5,12,14H2,1-2H3,(H,27,28,29,30). The minimum atomic E-state index is -0.347. The maximum absolute atomic E-state index is 13.4. The molecule has 0 radical (unpaired) electrons. The number of tetrazole rings is 1. The number of carbonyl (C=O) groups excluding carboxylic acids is 1. The van der Waals surface area contributed by atoms with Crippen molar-refractivity contribution in [2.75, 3.05) is 0 Å². The average molecular weight is 458 g/mol. The van der Waals surface area contributed by atoms with Crippen LogP contribution in [0.5, 0.6) is 0 Å². The lowest BCUT2D eigenvalue weighted by molar-refractivity contribution is -0.132. The summed E-state index contributed by atoms with van der Waals surface area (Å²) in [5.74, 6) is 0.860. The molecule has 2 unspecified atom stereocenters. The Kier molecular flexibility index (Phi) is 5.91. The third-order valence-electron chi connectivity index (χ3n) is 6.60. The van der Waals surface area contributed by atoms with Gasteiger partial charge < -0.3 is 0 Å². The lowest BCUT2D eigenvalue weighted by atomic mass is 9.79. The number of pyridine rings is 1. The smallest absolute Gasteiger partial charge is 0.297 e. The highest BCUT2D eigenvalue weighted by atomic mass is 16.2. The van der Waals surface area contributed by atoms with Crippen molar-refractivity contribution in [3.63, 3.8) is 0 Å². The fourth-order valence-electron chi connectivity index (χ4n) is 4.70. The first-order chi connectivity index (χ1) is 16.6. The van der Waals surface area contributed by atoms with Crippen LogP contribution in [-0.4, -0.2) is 40.5 Å². The van der Waals surface area contributed by atoms with Gasteiger partial charge in [-0.1, -0.05) is 44.5 Å². The van der Waals surface area contributed by atoms with E-state index in [2.05, 4.69) is 32.5 Å². The Bertz CT molecular complexity index is 1350. The molecule has 0 aliphatic heterocycles. The van der Waals surface area contributed by atoms with Crippen molar-refractivity contribution in [2.45, 2.75) is 52.1 Å². The van der Waals surface area contributed by atoms with E-state index < -0.39 is 0 Å². The third-order valence-corrected chi connectivity index (χ3v) is 6.60. The van der Waals surface area contributed by atoms with Gasteiger partial charge in [0.1, 0.15) is 0 Å². The Morgan fingerprint density at radius 3 is 2.59 bits per heavy atom. The van der Waals surface area contributed by atoms with E-state index in [9.17, 15) is 9.59 Å². The molecule has 174 valence electrons. The van der Waals surface area contributed by atoms with Crippen LogP contribution in [0.2, 0.25) is 0 Å². The van der Waals surface area contributed by atoms with E-state index in [4.69, 9.17) is 0 Å². The van der Waals surface area contributed by atoms with Gasteiger partial charge in [-0.25, -0.2) is 4.79 Å². The van der Waals surface area contributed by atoms with E-state index in [1.807, 2.05) is 54.2 Å². The number of H-pyrrole nitrogens is 1. The minimum absolute atomic E-state index is 0.127. The molecule has 1 N–H and O–H groups in total. The van der Waals surface area contributed by atoms with Crippen molar-refractivity contribution in [3.8, 4) is 22.5 Å². The second kappa shape index (κ2) is 9.17. The van der Waals surface area contributed by atoms with Gasteiger partial charge in [-0.15, -0.1) is 10.2 Å². The number of imidazole rings is 1. The van der Waals surface area contributed by atoms with E-state index in [-0.39, 0.29) is 23.4 Å². The fraction of sp³-hybridized carbons (Fsp3) is 0.360. The Morgan fingerprint density at radius 1 is 1.12 bits per heavy atom. The van der Waals surface area contributed by atoms with Crippen LogP contribution in [-0.2, 0) is 17.8 Å².